The van der Waals surface area contributed by atoms with E-state index in [-0.39, 0.29) is 11.7 Å². The zero-order valence-electron chi connectivity index (χ0n) is 15.3. The van der Waals surface area contributed by atoms with Crippen LogP contribution in [0.4, 0.5) is 10.2 Å². The fraction of sp³-hybridized carbons (Fsp3) is 0.238. The van der Waals surface area contributed by atoms with Gasteiger partial charge in [0, 0.05) is 23.6 Å². The second kappa shape index (κ2) is 7.66. The Morgan fingerprint density at radius 3 is 2.61 bits per heavy atom. The summed E-state index contributed by atoms with van der Waals surface area (Å²) in [6.45, 7) is 1.37. The highest BCUT2D eigenvalue weighted by Gasteiger charge is 2.27. The van der Waals surface area contributed by atoms with Crippen LogP contribution in [0.25, 0.3) is 11.3 Å². The summed E-state index contributed by atoms with van der Waals surface area (Å²) < 4.78 is 15.6. The summed E-state index contributed by atoms with van der Waals surface area (Å²) >= 11 is 12.3. The minimum Gasteiger partial charge on any atom is -0.382 e. The third-order valence-corrected chi connectivity index (χ3v) is 5.93. The number of halogens is 3. The summed E-state index contributed by atoms with van der Waals surface area (Å²) in [5.41, 5.74) is 9.17. The number of nitrogen functional groups attached to an aromatic ring is 1. The fourth-order valence-electron chi connectivity index (χ4n) is 3.74. The molecule has 0 spiro atoms. The van der Waals surface area contributed by atoms with Crippen molar-refractivity contribution in [1.82, 2.24) is 15.1 Å². The van der Waals surface area contributed by atoms with Gasteiger partial charge in [0.05, 0.1) is 15.7 Å². The smallest absolute Gasteiger partial charge is 0.146 e. The Hall–Kier alpha value is -2.21. The van der Waals surface area contributed by atoms with Crippen molar-refractivity contribution in [3.63, 3.8) is 0 Å². The van der Waals surface area contributed by atoms with Crippen LogP contribution in [0.3, 0.4) is 0 Å². The van der Waals surface area contributed by atoms with Crippen LogP contribution >= 0.6 is 23.2 Å². The molecular weight excluding hydrogens is 398 g/mol. The van der Waals surface area contributed by atoms with Crippen molar-refractivity contribution in [2.24, 2.45) is 0 Å². The molecule has 1 atom stereocenters. The van der Waals surface area contributed by atoms with Gasteiger partial charge in [-0.3, -0.25) is 0 Å². The number of fused-ring (bicyclic) bond motifs is 1. The Bertz CT molecular complexity index is 1020. The third-order valence-electron chi connectivity index (χ3n) is 5.19. The largest absolute Gasteiger partial charge is 0.382 e. The quantitative estimate of drug-likeness (QED) is 0.628. The van der Waals surface area contributed by atoms with Crippen LogP contribution in [0.15, 0.2) is 42.5 Å². The maximum atomic E-state index is 15.6. The average Bonchev–Trinajstić information content (AvgIpc) is 2.84. The highest BCUT2D eigenvalue weighted by Crippen LogP contribution is 2.39. The molecule has 1 aromatic heterocycles. The summed E-state index contributed by atoms with van der Waals surface area (Å²) in [6.07, 6.45) is 0.863. The molecule has 0 aliphatic carbocycles. The first kappa shape index (κ1) is 19.1. The van der Waals surface area contributed by atoms with Crippen molar-refractivity contribution in [3.05, 3.63) is 75.0 Å². The summed E-state index contributed by atoms with van der Waals surface area (Å²) in [5, 5.41) is 8.91. The zero-order chi connectivity index (χ0) is 19.8. The SMILES string of the molecule is CN1CCC(c2ccc(Cl)c(Cl)c2)c2ccc(-c3ccc(N)nn3)c(F)c2C1. The van der Waals surface area contributed by atoms with E-state index in [0.29, 0.717) is 39.2 Å². The maximum absolute atomic E-state index is 15.6. The Morgan fingerprint density at radius 1 is 1.07 bits per heavy atom. The molecule has 144 valence electrons. The number of hydrogen-bond donors (Lipinski definition) is 1. The van der Waals surface area contributed by atoms with E-state index in [2.05, 4.69) is 15.1 Å². The normalized spacial score (nSPS) is 17.2. The molecule has 1 aliphatic rings. The van der Waals surface area contributed by atoms with E-state index in [1.807, 2.05) is 25.2 Å². The van der Waals surface area contributed by atoms with Gasteiger partial charge < -0.3 is 10.6 Å². The molecule has 28 heavy (non-hydrogen) atoms. The molecule has 0 fully saturated rings. The maximum Gasteiger partial charge on any atom is 0.146 e. The van der Waals surface area contributed by atoms with Gasteiger partial charge in [-0.05, 0) is 61.5 Å². The molecule has 0 saturated carbocycles. The Morgan fingerprint density at radius 2 is 1.89 bits per heavy atom. The van der Waals surface area contributed by atoms with Crippen molar-refractivity contribution in [2.45, 2.75) is 18.9 Å². The van der Waals surface area contributed by atoms with Gasteiger partial charge in [-0.2, -0.15) is 0 Å². The van der Waals surface area contributed by atoms with Crippen LogP contribution < -0.4 is 5.73 Å². The molecule has 0 radical (unpaired) electrons. The van der Waals surface area contributed by atoms with E-state index < -0.39 is 0 Å². The molecule has 0 bridgehead atoms. The first-order valence-corrected chi connectivity index (χ1v) is 9.74. The number of anilines is 1. The van der Waals surface area contributed by atoms with E-state index in [1.54, 1.807) is 24.3 Å². The van der Waals surface area contributed by atoms with Gasteiger partial charge in [0.15, 0.2) is 0 Å². The Labute approximate surface area is 173 Å². The highest BCUT2D eigenvalue weighted by molar-refractivity contribution is 6.42. The molecule has 2 N–H and O–H groups in total. The molecule has 2 heterocycles. The fourth-order valence-corrected chi connectivity index (χ4v) is 4.04. The van der Waals surface area contributed by atoms with Crippen LogP contribution in [-0.4, -0.2) is 28.7 Å². The molecule has 0 saturated heterocycles. The van der Waals surface area contributed by atoms with Crippen molar-refractivity contribution in [1.29, 1.82) is 0 Å². The van der Waals surface area contributed by atoms with Gasteiger partial charge >= 0.3 is 0 Å². The molecule has 4 rings (SSSR count). The third kappa shape index (κ3) is 3.58. The molecule has 7 heteroatoms. The molecule has 2 aromatic carbocycles. The van der Waals surface area contributed by atoms with Gasteiger partial charge in [-0.25, -0.2) is 4.39 Å². The van der Waals surface area contributed by atoms with Crippen molar-refractivity contribution < 1.29 is 4.39 Å². The number of hydrogen-bond acceptors (Lipinski definition) is 4. The van der Waals surface area contributed by atoms with Gasteiger partial charge in [0.1, 0.15) is 11.6 Å². The lowest BCUT2D eigenvalue weighted by Gasteiger charge is -2.20. The standard InChI is InChI=1S/C21H19Cl2FN4/c1-28-9-8-13(12-2-5-17(22)18(23)10-12)14-3-4-15(21(24)16(14)11-28)19-6-7-20(25)27-26-19/h2-7,10,13H,8-9,11H2,1H3,(H2,25,27). The number of aromatic nitrogens is 2. The molecule has 1 unspecified atom stereocenters. The topological polar surface area (TPSA) is 55.0 Å². The average molecular weight is 417 g/mol. The Kier molecular flexibility index (Phi) is 5.23. The van der Waals surface area contributed by atoms with Crippen LogP contribution in [0.1, 0.15) is 29.0 Å². The molecule has 3 aromatic rings. The minimum atomic E-state index is -0.268. The van der Waals surface area contributed by atoms with E-state index in [1.165, 1.54) is 0 Å². The molecule has 0 amide bonds. The summed E-state index contributed by atoms with van der Waals surface area (Å²) in [4.78, 5) is 2.12. The van der Waals surface area contributed by atoms with Crippen LogP contribution in [-0.2, 0) is 6.54 Å². The number of nitrogens with two attached hydrogens (primary N) is 1. The van der Waals surface area contributed by atoms with Crippen molar-refractivity contribution in [2.75, 3.05) is 19.3 Å². The molecule has 4 nitrogen and oxygen atoms in total. The first-order chi connectivity index (χ1) is 13.4. The van der Waals surface area contributed by atoms with Crippen molar-refractivity contribution >= 4 is 29.0 Å². The lowest BCUT2D eigenvalue weighted by Crippen LogP contribution is -2.18. The first-order valence-electron chi connectivity index (χ1n) is 8.98. The van der Waals surface area contributed by atoms with E-state index in [0.717, 1.165) is 24.1 Å². The van der Waals surface area contributed by atoms with E-state index in [9.17, 15) is 0 Å². The van der Waals surface area contributed by atoms with E-state index >= 15 is 4.39 Å². The van der Waals surface area contributed by atoms with Crippen LogP contribution in [0.2, 0.25) is 10.0 Å². The van der Waals surface area contributed by atoms with Gasteiger partial charge in [-0.15, -0.1) is 10.2 Å². The van der Waals surface area contributed by atoms with Crippen LogP contribution in [0.5, 0.6) is 0 Å². The predicted molar refractivity (Wildman–Crippen MR) is 111 cm³/mol. The number of benzene rings is 2. The molecule has 1 aliphatic heterocycles. The van der Waals surface area contributed by atoms with Gasteiger partial charge in [0.2, 0.25) is 0 Å². The molecular formula is C21H19Cl2FN4. The summed E-state index contributed by atoms with van der Waals surface area (Å²) in [5.74, 6) is 0.0736. The lowest BCUT2D eigenvalue weighted by molar-refractivity contribution is 0.324. The Balaban J connectivity index is 1.84. The van der Waals surface area contributed by atoms with Crippen LogP contribution in [0, 0.1) is 5.82 Å². The van der Waals surface area contributed by atoms with Crippen molar-refractivity contribution in [3.8, 4) is 11.3 Å². The zero-order valence-corrected chi connectivity index (χ0v) is 16.8. The van der Waals surface area contributed by atoms with Gasteiger partial charge in [-0.1, -0.05) is 35.3 Å². The summed E-state index contributed by atoms with van der Waals surface area (Å²) in [7, 11) is 2.00. The lowest BCUT2D eigenvalue weighted by atomic mass is 9.85. The predicted octanol–water partition coefficient (Wildman–Crippen LogP) is 5.14. The second-order valence-corrected chi connectivity index (χ2v) is 7.91. The second-order valence-electron chi connectivity index (χ2n) is 7.09. The monoisotopic (exact) mass is 416 g/mol. The van der Waals surface area contributed by atoms with Gasteiger partial charge in [0.25, 0.3) is 0 Å². The number of rotatable bonds is 2. The summed E-state index contributed by atoms with van der Waals surface area (Å²) in [6, 6.07) is 12.7. The minimum absolute atomic E-state index is 0.0377. The number of nitrogens with zero attached hydrogens (tertiary/aromatic N) is 3. The van der Waals surface area contributed by atoms with E-state index in [4.69, 9.17) is 28.9 Å². The highest BCUT2D eigenvalue weighted by atomic mass is 35.5.